The third-order valence-corrected chi connectivity index (χ3v) is 7.61. The highest BCUT2D eigenvalue weighted by Gasteiger charge is 2.32. The average Bonchev–Trinajstić information content (AvgIpc) is 3.14. The predicted octanol–water partition coefficient (Wildman–Crippen LogP) is 6.32. The van der Waals surface area contributed by atoms with Gasteiger partial charge in [-0.3, -0.25) is 18.9 Å². The molecule has 3 heterocycles. The fourth-order valence-electron chi connectivity index (χ4n) is 4.18. The molecule has 194 valence electrons. The van der Waals surface area contributed by atoms with Crippen molar-refractivity contribution >= 4 is 51.7 Å². The molecule has 0 bridgehead atoms. The number of unbranched alkanes of at least 4 members (excludes halogenated alkanes) is 5. The van der Waals surface area contributed by atoms with Gasteiger partial charge in [0, 0.05) is 12.7 Å². The largest absolute Gasteiger partial charge is 0.369 e. The highest BCUT2D eigenvalue weighted by molar-refractivity contribution is 8.26. The number of halogens is 1. The van der Waals surface area contributed by atoms with Crippen LogP contribution >= 0.6 is 24.0 Å². The minimum Gasteiger partial charge on any atom is -0.369 e. The third-order valence-electron chi connectivity index (χ3n) is 6.23. The first-order valence-corrected chi connectivity index (χ1v) is 13.9. The summed E-state index contributed by atoms with van der Waals surface area (Å²) in [5.41, 5.74) is 2.32. The van der Waals surface area contributed by atoms with Gasteiger partial charge in [0.2, 0.25) is 0 Å². The van der Waals surface area contributed by atoms with Crippen molar-refractivity contribution in [3.05, 3.63) is 80.4 Å². The Labute approximate surface area is 226 Å². The second-order valence-electron chi connectivity index (χ2n) is 9.20. The van der Waals surface area contributed by atoms with Crippen molar-refractivity contribution in [2.24, 2.45) is 0 Å². The van der Waals surface area contributed by atoms with Crippen LogP contribution in [0, 0.1) is 12.7 Å². The molecule has 1 N–H and O–H groups in total. The Balaban J connectivity index is 1.60. The minimum absolute atomic E-state index is 0.236. The minimum atomic E-state index is -0.338. The molecule has 2 aromatic heterocycles. The molecule has 1 fully saturated rings. The summed E-state index contributed by atoms with van der Waals surface area (Å²) in [7, 11) is 0. The lowest BCUT2D eigenvalue weighted by Crippen LogP contribution is -2.27. The first kappa shape index (κ1) is 27.0. The van der Waals surface area contributed by atoms with Crippen molar-refractivity contribution in [1.29, 1.82) is 0 Å². The molecular formula is C28H31FN4O2S2. The van der Waals surface area contributed by atoms with E-state index in [2.05, 4.69) is 12.2 Å². The zero-order valence-electron chi connectivity index (χ0n) is 21.1. The number of aromatic nitrogens is 2. The number of amides is 1. The summed E-state index contributed by atoms with van der Waals surface area (Å²) < 4.78 is 15.2. The van der Waals surface area contributed by atoms with Gasteiger partial charge in [0.1, 0.15) is 21.6 Å². The van der Waals surface area contributed by atoms with Crippen molar-refractivity contribution in [2.75, 3.05) is 11.9 Å². The monoisotopic (exact) mass is 538 g/mol. The van der Waals surface area contributed by atoms with Gasteiger partial charge < -0.3 is 5.32 Å². The number of thioether (sulfide) groups is 1. The number of benzene rings is 1. The second-order valence-corrected chi connectivity index (χ2v) is 10.9. The number of nitrogens with zero attached hydrogens (tertiary/aromatic N) is 3. The first-order valence-electron chi connectivity index (χ1n) is 12.6. The summed E-state index contributed by atoms with van der Waals surface area (Å²) in [6.45, 7) is 5.04. The van der Waals surface area contributed by atoms with Crippen molar-refractivity contribution in [3.8, 4) is 0 Å². The van der Waals surface area contributed by atoms with Crippen LogP contribution in [0.1, 0.15) is 62.1 Å². The molecule has 9 heteroatoms. The van der Waals surface area contributed by atoms with Crippen LogP contribution < -0.4 is 10.9 Å². The number of pyridine rings is 1. The van der Waals surface area contributed by atoms with Crippen LogP contribution in [0.25, 0.3) is 11.7 Å². The zero-order valence-corrected chi connectivity index (χ0v) is 22.8. The lowest BCUT2D eigenvalue weighted by molar-refractivity contribution is -0.122. The molecule has 1 aliphatic rings. The fraction of sp³-hybridized carbons (Fsp3) is 0.357. The Bertz CT molecular complexity index is 1390. The number of hydrogen-bond acceptors (Lipinski definition) is 6. The van der Waals surface area contributed by atoms with E-state index in [1.54, 1.807) is 24.4 Å². The summed E-state index contributed by atoms with van der Waals surface area (Å²) in [5.74, 6) is -0.157. The topological polar surface area (TPSA) is 66.7 Å². The fourth-order valence-corrected chi connectivity index (χ4v) is 5.41. The predicted molar refractivity (Wildman–Crippen MR) is 153 cm³/mol. The van der Waals surface area contributed by atoms with Crippen LogP contribution in [0.5, 0.6) is 0 Å². The van der Waals surface area contributed by atoms with Crippen LogP contribution in [0.3, 0.4) is 0 Å². The normalized spacial score (nSPS) is 14.8. The molecular weight excluding hydrogens is 507 g/mol. The zero-order chi connectivity index (χ0) is 26.4. The Kier molecular flexibility index (Phi) is 9.10. The van der Waals surface area contributed by atoms with Crippen molar-refractivity contribution in [2.45, 2.75) is 58.9 Å². The Hall–Kier alpha value is -3.04. The maximum atomic E-state index is 13.5. The van der Waals surface area contributed by atoms with Crippen LogP contribution in [0.15, 0.2) is 52.3 Å². The number of rotatable bonds is 11. The van der Waals surface area contributed by atoms with Crippen LogP contribution in [-0.2, 0) is 11.3 Å². The van der Waals surface area contributed by atoms with Gasteiger partial charge in [-0.25, -0.2) is 9.37 Å². The van der Waals surface area contributed by atoms with Crippen molar-refractivity contribution < 1.29 is 9.18 Å². The number of carbonyl (C=O) groups is 1. The lowest BCUT2D eigenvalue weighted by Gasteiger charge is -2.14. The molecule has 0 saturated carbocycles. The number of anilines is 1. The van der Waals surface area contributed by atoms with Crippen molar-refractivity contribution in [1.82, 2.24) is 14.3 Å². The van der Waals surface area contributed by atoms with E-state index >= 15 is 0 Å². The van der Waals surface area contributed by atoms with E-state index in [1.165, 1.54) is 47.1 Å². The van der Waals surface area contributed by atoms with Crippen LogP contribution in [0.2, 0.25) is 0 Å². The molecule has 0 unspecified atom stereocenters. The Morgan fingerprint density at radius 3 is 2.54 bits per heavy atom. The maximum absolute atomic E-state index is 13.5. The molecule has 37 heavy (non-hydrogen) atoms. The van der Waals surface area contributed by atoms with E-state index in [0.29, 0.717) is 32.8 Å². The molecule has 0 spiro atoms. The standard InChI is InChI=1S/C28H31FN4O2S2/c1-3-4-5-6-7-8-15-30-25-22(26(34)32-17-19(2)9-14-24(32)31-25)16-23-27(35)33(28(36)37-23)18-20-10-12-21(29)13-11-20/h9-14,16-17,30H,3-8,15,18H2,1-2H3/b23-16-. The second kappa shape index (κ2) is 12.5. The van der Waals surface area contributed by atoms with Crippen LogP contribution in [0.4, 0.5) is 10.2 Å². The molecule has 3 aromatic rings. The SMILES string of the molecule is CCCCCCCCNc1nc2ccc(C)cn2c(=O)c1/C=C1\SC(=S)N(Cc2ccc(F)cc2)C1=O. The molecule has 4 rings (SSSR count). The molecule has 0 aliphatic carbocycles. The van der Waals surface area contributed by atoms with Gasteiger partial charge in [-0.15, -0.1) is 0 Å². The molecule has 6 nitrogen and oxygen atoms in total. The number of thiocarbonyl (C=S) groups is 1. The Morgan fingerprint density at radius 2 is 1.78 bits per heavy atom. The van der Waals surface area contributed by atoms with Crippen LogP contribution in [-0.4, -0.2) is 31.1 Å². The quantitative estimate of drug-likeness (QED) is 0.175. The summed E-state index contributed by atoms with van der Waals surface area (Å²) >= 11 is 6.62. The van der Waals surface area contributed by atoms with Gasteiger partial charge in [0.15, 0.2) is 0 Å². The summed E-state index contributed by atoms with van der Waals surface area (Å²) in [5, 5.41) is 3.34. The van der Waals surface area contributed by atoms with Gasteiger partial charge in [0.05, 0.1) is 17.0 Å². The number of carbonyl (C=O) groups excluding carboxylic acids is 1. The molecule has 1 aromatic carbocycles. The van der Waals surface area contributed by atoms with Gasteiger partial charge in [0.25, 0.3) is 11.5 Å². The smallest absolute Gasteiger partial charge is 0.267 e. The molecule has 0 radical (unpaired) electrons. The maximum Gasteiger partial charge on any atom is 0.267 e. The number of fused-ring (bicyclic) bond motifs is 1. The van der Waals surface area contributed by atoms with Gasteiger partial charge in [-0.05, 0) is 48.7 Å². The van der Waals surface area contributed by atoms with E-state index in [1.807, 2.05) is 19.1 Å². The Morgan fingerprint density at radius 1 is 1.05 bits per heavy atom. The third kappa shape index (κ3) is 6.64. The molecule has 1 amide bonds. The van der Waals surface area contributed by atoms with Gasteiger partial charge in [-0.2, -0.15) is 0 Å². The highest BCUT2D eigenvalue weighted by Crippen LogP contribution is 2.34. The van der Waals surface area contributed by atoms with Gasteiger partial charge >= 0.3 is 0 Å². The number of aryl methyl sites for hydroxylation is 1. The number of hydrogen-bond donors (Lipinski definition) is 1. The molecule has 1 saturated heterocycles. The summed E-state index contributed by atoms with van der Waals surface area (Å²) in [6.07, 6.45) is 10.3. The summed E-state index contributed by atoms with van der Waals surface area (Å²) in [4.78, 5) is 33.3. The molecule has 1 aliphatic heterocycles. The van der Waals surface area contributed by atoms with Gasteiger partial charge in [-0.1, -0.05) is 81.2 Å². The van der Waals surface area contributed by atoms with E-state index in [9.17, 15) is 14.0 Å². The van der Waals surface area contributed by atoms with E-state index < -0.39 is 0 Å². The molecule has 0 atom stereocenters. The van der Waals surface area contributed by atoms with Crippen molar-refractivity contribution in [3.63, 3.8) is 0 Å². The first-order chi connectivity index (χ1) is 17.9. The highest BCUT2D eigenvalue weighted by atomic mass is 32.2. The lowest BCUT2D eigenvalue weighted by atomic mass is 10.1. The number of nitrogens with one attached hydrogen (secondary N) is 1. The van der Waals surface area contributed by atoms with E-state index in [4.69, 9.17) is 17.2 Å². The van der Waals surface area contributed by atoms with E-state index in [0.717, 1.165) is 35.7 Å². The van der Waals surface area contributed by atoms with E-state index in [-0.39, 0.29) is 23.8 Å². The average molecular weight is 539 g/mol. The summed E-state index contributed by atoms with van der Waals surface area (Å²) in [6, 6.07) is 9.70.